The number of rotatable bonds is 1. The van der Waals surface area contributed by atoms with Crippen LogP contribution in [0.1, 0.15) is 51.4 Å². The zero-order valence-corrected chi connectivity index (χ0v) is 15.0. The van der Waals surface area contributed by atoms with Gasteiger partial charge < -0.3 is 10.2 Å². The third-order valence-electron chi connectivity index (χ3n) is 7.93. The SMILES string of the molecule is Cl.O=C(C1C2CC3CC(C2)CC1C3)N1CCC2(CCNCC2)C1. The molecule has 0 atom stereocenters. The average molecular weight is 339 g/mol. The molecule has 4 bridgehead atoms. The average Bonchev–Trinajstić information content (AvgIpc) is 2.90. The maximum atomic E-state index is 13.3. The van der Waals surface area contributed by atoms with Crippen molar-refractivity contribution in [3.8, 4) is 0 Å². The summed E-state index contributed by atoms with van der Waals surface area (Å²) in [7, 11) is 0. The van der Waals surface area contributed by atoms with Crippen molar-refractivity contribution in [1.82, 2.24) is 10.2 Å². The van der Waals surface area contributed by atoms with Gasteiger partial charge in [-0.15, -0.1) is 12.4 Å². The minimum absolute atomic E-state index is 0. The molecule has 0 unspecified atom stereocenters. The number of carbonyl (C=O) groups excluding carboxylic acids is 1. The molecule has 6 fully saturated rings. The molecule has 23 heavy (non-hydrogen) atoms. The van der Waals surface area contributed by atoms with Crippen LogP contribution in [-0.4, -0.2) is 37.0 Å². The number of likely N-dealkylation sites (tertiary alicyclic amines) is 1. The van der Waals surface area contributed by atoms with E-state index in [2.05, 4.69) is 10.2 Å². The number of nitrogens with one attached hydrogen (secondary N) is 1. The molecule has 2 saturated heterocycles. The standard InChI is InChI=1S/C19H30N2O.ClH/c22-18(21-6-3-19(12-21)1-4-20-5-2-19)17-15-8-13-7-14(10-15)11-16(17)9-13;/h13-17,20H,1-12H2;1H. The van der Waals surface area contributed by atoms with E-state index in [1.807, 2.05) is 0 Å². The van der Waals surface area contributed by atoms with E-state index in [1.165, 1.54) is 51.4 Å². The van der Waals surface area contributed by atoms with E-state index in [1.54, 1.807) is 0 Å². The van der Waals surface area contributed by atoms with Gasteiger partial charge in [-0.05, 0) is 93.5 Å². The lowest BCUT2D eigenvalue weighted by atomic mass is 9.51. The third kappa shape index (κ3) is 2.63. The molecule has 4 aliphatic carbocycles. The Kier molecular flexibility index (Phi) is 4.16. The van der Waals surface area contributed by atoms with E-state index in [4.69, 9.17) is 0 Å². The number of hydrogen-bond donors (Lipinski definition) is 1. The van der Waals surface area contributed by atoms with Crippen LogP contribution in [-0.2, 0) is 4.79 Å². The maximum Gasteiger partial charge on any atom is 0.226 e. The van der Waals surface area contributed by atoms with E-state index in [9.17, 15) is 4.79 Å². The molecule has 0 aromatic carbocycles. The quantitative estimate of drug-likeness (QED) is 0.797. The van der Waals surface area contributed by atoms with Crippen molar-refractivity contribution < 1.29 is 4.79 Å². The van der Waals surface area contributed by atoms with Crippen molar-refractivity contribution >= 4 is 18.3 Å². The Morgan fingerprint density at radius 2 is 1.52 bits per heavy atom. The summed E-state index contributed by atoms with van der Waals surface area (Å²) < 4.78 is 0. The molecule has 1 N–H and O–H groups in total. The van der Waals surface area contributed by atoms with Gasteiger partial charge in [0, 0.05) is 19.0 Å². The van der Waals surface area contributed by atoms with E-state index < -0.39 is 0 Å². The monoisotopic (exact) mass is 338 g/mol. The van der Waals surface area contributed by atoms with E-state index in [-0.39, 0.29) is 12.4 Å². The molecule has 1 amide bonds. The first-order valence-corrected chi connectivity index (χ1v) is 9.72. The van der Waals surface area contributed by atoms with E-state index in [0.29, 0.717) is 17.2 Å². The summed E-state index contributed by atoms with van der Waals surface area (Å²) >= 11 is 0. The van der Waals surface area contributed by atoms with E-state index >= 15 is 0 Å². The lowest BCUT2D eigenvalue weighted by Gasteiger charge is -2.54. The van der Waals surface area contributed by atoms with Gasteiger partial charge in [0.2, 0.25) is 5.91 Å². The normalized spacial score (nSPS) is 43.7. The van der Waals surface area contributed by atoms with Crippen molar-refractivity contribution in [2.45, 2.75) is 51.4 Å². The Balaban J connectivity index is 0.00000135. The highest BCUT2D eigenvalue weighted by molar-refractivity contribution is 5.85. The summed E-state index contributed by atoms with van der Waals surface area (Å²) in [5.41, 5.74) is 0.465. The van der Waals surface area contributed by atoms with E-state index in [0.717, 1.165) is 49.9 Å². The molecule has 1 spiro atoms. The number of hydrogen-bond acceptors (Lipinski definition) is 2. The number of halogens is 1. The molecular formula is C19H31ClN2O. The van der Waals surface area contributed by atoms with Crippen LogP contribution in [0, 0.1) is 35.0 Å². The number of nitrogens with zero attached hydrogens (tertiary/aromatic N) is 1. The Morgan fingerprint density at radius 1 is 0.913 bits per heavy atom. The minimum Gasteiger partial charge on any atom is -0.342 e. The van der Waals surface area contributed by atoms with Crippen LogP contribution in [0.3, 0.4) is 0 Å². The Labute approximate surface area is 146 Å². The molecule has 2 aliphatic heterocycles. The zero-order chi connectivity index (χ0) is 14.7. The molecule has 0 aromatic rings. The highest BCUT2D eigenvalue weighted by Gasteiger charge is 2.52. The number of piperidine rings is 1. The largest absolute Gasteiger partial charge is 0.342 e. The van der Waals surface area contributed by atoms with Crippen molar-refractivity contribution in [2.75, 3.05) is 26.2 Å². The fourth-order valence-electron chi connectivity index (χ4n) is 7.03. The Morgan fingerprint density at radius 3 is 2.13 bits per heavy atom. The van der Waals surface area contributed by atoms with Gasteiger partial charge in [0.15, 0.2) is 0 Å². The summed E-state index contributed by atoms with van der Waals surface area (Å²) in [6, 6.07) is 0. The van der Waals surface area contributed by atoms with Gasteiger partial charge in [-0.1, -0.05) is 0 Å². The third-order valence-corrected chi connectivity index (χ3v) is 7.93. The summed E-state index contributed by atoms with van der Waals surface area (Å²) in [6.45, 7) is 4.41. The first-order valence-electron chi connectivity index (χ1n) is 9.72. The fourth-order valence-corrected chi connectivity index (χ4v) is 7.03. The summed E-state index contributed by atoms with van der Waals surface area (Å²) in [5, 5.41) is 3.48. The van der Waals surface area contributed by atoms with Gasteiger partial charge >= 0.3 is 0 Å². The molecule has 3 nitrogen and oxygen atoms in total. The maximum absolute atomic E-state index is 13.3. The Bertz CT molecular complexity index is 446. The second-order valence-electron chi connectivity index (χ2n) is 9.22. The van der Waals surface area contributed by atoms with Crippen LogP contribution in [0.25, 0.3) is 0 Å². The zero-order valence-electron chi connectivity index (χ0n) is 14.1. The fraction of sp³-hybridized carbons (Fsp3) is 0.947. The van der Waals surface area contributed by atoms with Crippen molar-refractivity contribution in [3.05, 3.63) is 0 Å². The van der Waals surface area contributed by atoms with Crippen LogP contribution in [0.5, 0.6) is 0 Å². The van der Waals surface area contributed by atoms with Crippen molar-refractivity contribution in [2.24, 2.45) is 35.0 Å². The first kappa shape index (κ1) is 16.2. The van der Waals surface area contributed by atoms with Gasteiger partial charge in [0.05, 0.1) is 0 Å². The number of amides is 1. The van der Waals surface area contributed by atoms with Crippen LogP contribution < -0.4 is 5.32 Å². The molecular weight excluding hydrogens is 308 g/mol. The highest BCUT2D eigenvalue weighted by atomic mass is 35.5. The van der Waals surface area contributed by atoms with Gasteiger partial charge in [-0.3, -0.25) is 4.79 Å². The van der Waals surface area contributed by atoms with Crippen molar-refractivity contribution in [3.63, 3.8) is 0 Å². The number of carbonyl (C=O) groups is 1. The molecule has 4 heteroatoms. The second-order valence-corrected chi connectivity index (χ2v) is 9.22. The smallest absolute Gasteiger partial charge is 0.226 e. The van der Waals surface area contributed by atoms with Crippen LogP contribution >= 0.6 is 12.4 Å². The molecule has 130 valence electrons. The molecule has 6 aliphatic rings. The van der Waals surface area contributed by atoms with Gasteiger partial charge in [-0.2, -0.15) is 0 Å². The lowest BCUT2D eigenvalue weighted by molar-refractivity contribution is -0.148. The van der Waals surface area contributed by atoms with Crippen molar-refractivity contribution in [1.29, 1.82) is 0 Å². The predicted molar refractivity (Wildman–Crippen MR) is 93.5 cm³/mol. The van der Waals surface area contributed by atoms with Crippen LogP contribution in [0.2, 0.25) is 0 Å². The summed E-state index contributed by atoms with van der Waals surface area (Å²) in [6.07, 6.45) is 10.8. The summed E-state index contributed by atoms with van der Waals surface area (Å²) in [4.78, 5) is 15.6. The molecule has 0 radical (unpaired) electrons. The van der Waals surface area contributed by atoms with Crippen LogP contribution in [0.15, 0.2) is 0 Å². The van der Waals surface area contributed by atoms with Gasteiger partial charge in [0.25, 0.3) is 0 Å². The highest BCUT2D eigenvalue weighted by Crippen LogP contribution is 2.57. The molecule has 0 aromatic heterocycles. The molecule has 6 rings (SSSR count). The molecule has 2 heterocycles. The summed E-state index contributed by atoms with van der Waals surface area (Å²) in [5.74, 6) is 4.40. The first-order chi connectivity index (χ1) is 10.7. The Hall–Kier alpha value is -0.280. The molecule has 4 saturated carbocycles. The lowest BCUT2D eigenvalue weighted by Crippen LogP contribution is -2.52. The second kappa shape index (κ2) is 5.91. The minimum atomic E-state index is 0. The predicted octanol–water partition coefficient (Wildman–Crippen LogP) is 3.08. The van der Waals surface area contributed by atoms with Crippen LogP contribution in [0.4, 0.5) is 0 Å². The topological polar surface area (TPSA) is 32.3 Å². The van der Waals surface area contributed by atoms with Gasteiger partial charge in [-0.25, -0.2) is 0 Å². The van der Waals surface area contributed by atoms with Gasteiger partial charge in [0.1, 0.15) is 0 Å².